The molecule has 204 valence electrons. The molecule has 1 aromatic rings. The summed E-state index contributed by atoms with van der Waals surface area (Å²) >= 11 is 0. The first-order chi connectivity index (χ1) is 16.1. The van der Waals surface area contributed by atoms with Gasteiger partial charge in [-0.3, -0.25) is 9.59 Å². The summed E-state index contributed by atoms with van der Waals surface area (Å²) in [5.74, 6) is -0.463. The minimum atomic E-state index is -0.883. The van der Waals surface area contributed by atoms with E-state index in [1.807, 2.05) is 87.4 Å². The minimum absolute atomic E-state index is 0.123. The molecule has 1 rings (SSSR count). The molecule has 0 aromatic heterocycles. The summed E-state index contributed by atoms with van der Waals surface area (Å²) in [4.78, 5) is 42.5. The smallest absolute Gasteiger partial charge is 0.408 e. The Balaban J connectivity index is 3.69. The summed E-state index contributed by atoms with van der Waals surface area (Å²) in [6.07, 6.45) is -0.247. The van der Waals surface area contributed by atoms with E-state index in [-0.39, 0.29) is 17.7 Å². The van der Waals surface area contributed by atoms with E-state index in [1.165, 1.54) is 0 Å². The first-order valence-corrected chi connectivity index (χ1v) is 12.8. The van der Waals surface area contributed by atoms with E-state index in [0.717, 1.165) is 16.7 Å². The largest absolute Gasteiger partial charge is 0.444 e. The predicted octanol–water partition coefficient (Wildman–Crippen LogP) is 5.83. The zero-order valence-corrected chi connectivity index (χ0v) is 24.8. The maximum absolute atomic E-state index is 14.3. The fourth-order valence-electron chi connectivity index (χ4n) is 4.06. The number of rotatable bonds is 7. The van der Waals surface area contributed by atoms with Crippen molar-refractivity contribution >= 4 is 17.9 Å². The molecule has 0 saturated heterocycles. The molecule has 0 aliphatic rings. The molecule has 0 radical (unpaired) electrons. The number of aryl methyl sites for hydroxylation is 1. The van der Waals surface area contributed by atoms with E-state index < -0.39 is 34.9 Å². The lowest BCUT2D eigenvalue weighted by atomic mass is 9.90. The number of ether oxygens (including phenoxy) is 1. The molecule has 0 aliphatic carbocycles. The van der Waals surface area contributed by atoms with E-state index >= 15 is 0 Å². The molecule has 1 aromatic carbocycles. The van der Waals surface area contributed by atoms with E-state index in [0.29, 0.717) is 6.42 Å². The summed E-state index contributed by atoms with van der Waals surface area (Å²) in [6.45, 7) is 24.8. The molecule has 2 atom stereocenters. The van der Waals surface area contributed by atoms with Crippen molar-refractivity contribution in [2.75, 3.05) is 0 Å². The number of hydrogen-bond donors (Lipinski definition) is 2. The molecule has 0 fully saturated rings. The molecular formula is C29H49N3O4. The van der Waals surface area contributed by atoms with Crippen molar-refractivity contribution in [2.45, 2.75) is 125 Å². The molecule has 7 nitrogen and oxygen atoms in total. The topological polar surface area (TPSA) is 87.7 Å². The summed E-state index contributed by atoms with van der Waals surface area (Å²) < 4.78 is 5.46. The Morgan fingerprint density at radius 2 is 1.50 bits per heavy atom. The van der Waals surface area contributed by atoms with Crippen LogP contribution >= 0.6 is 0 Å². The minimum Gasteiger partial charge on any atom is -0.444 e. The molecule has 0 bridgehead atoms. The van der Waals surface area contributed by atoms with Gasteiger partial charge in [-0.05, 0) is 105 Å². The molecule has 0 spiro atoms. The number of benzene rings is 1. The summed E-state index contributed by atoms with van der Waals surface area (Å²) in [7, 11) is 0. The van der Waals surface area contributed by atoms with Crippen LogP contribution in [0.4, 0.5) is 4.79 Å². The molecule has 3 amide bonds. The van der Waals surface area contributed by atoms with E-state index in [9.17, 15) is 14.4 Å². The maximum atomic E-state index is 14.3. The van der Waals surface area contributed by atoms with Crippen molar-refractivity contribution in [2.24, 2.45) is 5.92 Å². The zero-order valence-electron chi connectivity index (χ0n) is 24.8. The number of carbonyl (C=O) groups excluding carboxylic acids is 3. The highest BCUT2D eigenvalue weighted by Crippen LogP contribution is 2.33. The predicted molar refractivity (Wildman–Crippen MR) is 146 cm³/mol. The number of hydrogen-bond acceptors (Lipinski definition) is 4. The van der Waals surface area contributed by atoms with Crippen LogP contribution in [0.2, 0.25) is 0 Å². The van der Waals surface area contributed by atoms with Crippen molar-refractivity contribution in [3.8, 4) is 0 Å². The van der Waals surface area contributed by atoms with Crippen LogP contribution < -0.4 is 10.6 Å². The van der Waals surface area contributed by atoms with Gasteiger partial charge in [0, 0.05) is 11.1 Å². The second-order valence-corrected chi connectivity index (χ2v) is 13.1. The molecule has 0 heterocycles. The Labute approximate surface area is 218 Å². The summed E-state index contributed by atoms with van der Waals surface area (Å²) in [5.41, 5.74) is 0.833. The van der Waals surface area contributed by atoms with Gasteiger partial charge in [-0.1, -0.05) is 32.0 Å². The summed E-state index contributed by atoms with van der Waals surface area (Å²) in [6, 6.07) is 4.07. The number of alkyl carbamates (subject to hydrolysis) is 1. The van der Waals surface area contributed by atoms with Gasteiger partial charge in [0.05, 0.1) is 0 Å². The monoisotopic (exact) mass is 503 g/mol. The van der Waals surface area contributed by atoms with Crippen LogP contribution in [0.15, 0.2) is 18.2 Å². The lowest BCUT2D eigenvalue weighted by molar-refractivity contribution is -0.149. The molecule has 2 unspecified atom stereocenters. The zero-order chi connectivity index (χ0) is 28.2. The Morgan fingerprint density at radius 3 is 1.94 bits per heavy atom. The second-order valence-electron chi connectivity index (χ2n) is 13.1. The van der Waals surface area contributed by atoms with Gasteiger partial charge in [0.1, 0.15) is 17.7 Å². The van der Waals surface area contributed by atoms with Gasteiger partial charge < -0.3 is 20.3 Å². The van der Waals surface area contributed by atoms with Crippen LogP contribution in [0.25, 0.3) is 0 Å². The number of amides is 3. The van der Waals surface area contributed by atoms with Crippen LogP contribution in [0.1, 0.15) is 105 Å². The Bertz CT molecular complexity index is 933. The molecule has 0 aliphatic heterocycles. The van der Waals surface area contributed by atoms with Crippen molar-refractivity contribution in [1.82, 2.24) is 15.5 Å². The van der Waals surface area contributed by atoms with Gasteiger partial charge in [0.2, 0.25) is 11.8 Å². The third-order valence-electron chi connectivity index (χ3n) is 5.60. The lowest BCUT2D eigenvalue weighted by Gasteiger charge is -2.44. The highest BCUT2D eigenvalue weighted by atomic mass is 16.6. The number of carbonyl (C=O) groups is 3. The lowest BCUT2D eigenvalue weighted by Crippen LogP contribution is -2.60. The molecule has 36 heavy (non-hydrogen) atoms. The van der Waals surface area contributed by atoms with E-state index in [1.54, 1.807) is 25.7 Å². The standard InChI is InChI=1S/C29H49N3O4/c1-18(2)17-22(30-26(35)36-29(11,12)13)25(34)32(28(8,9)10)23(24(33)31-27(5,6)7)21-16-14-15-19(3)20(21)4/h14-16,18,22-23H,17H2,1-13H3,(H,30,35)(H,31,33). The van der Waals surface area contributed by atoms with Crippen LogP contribution in [0.5, 0.6) is 0 Å². The van der Waals surface area contributed by atoms with Gasteiger partial charge in [-0.25, -0.2) is 4.79 Å². The highest BCUT2D eigenvalue weighted by molar-refractivity contribution is 5.93. The average molecular weight is 504 g/mol. The van der Waals surface area contributed by atoms with Crippen molar-refractivity contribution < 1.29 is 19.1 Å². The van der Waals surface area contributed by atoms with E-state index in [2.05, 4.69) is 10.6 Å². The summed E-state index contributed by atoms with van der Waals surface area (Å²) in [5, 5.41) is 5.87. The van der Waals surface area contributed by atoms with Crippen LogP contribution in [-0.2, 0) is 14.3 Å². The molecule has 2 N–H and O–H groups in total. The van der Waals surface area contributed by atoms with Gasteiger partial charge in [-0.2, -0.15) is 0 Å². The van der Waals surface area contributed by atoms with Crippen molar-refractivity contribution in [1.29, 1.82) is 0 Å². The molecule has 0 saturated carbocycles. The van der Waals surface area contributed by atoms with Crippen molar-refractivity contribution in [3.63, 3.8) is 0 Å². The highest BCUT2D eigenvalue weighted by Gasteiger charge is 2.43. The fraction of sp³-hybridized carbons (Fsp3) is 0.690. The normalized spacial score (nSPS) is 14.2. The molecular weight excluding hydrogens is 454 g/mol. The first-order valence-electron chi connectivity index (χ1n) is 12.8. The average Bonchev–Trinajstić information content (AvgIpc) is 2.63. The Morgan fingerprint density at radius 1 is 0.944 bits per heavy atom. The third kappa shape index (κ3) is 9.47. The first kappa shape index (κ1) is 31.5. The Hall–Kier alpha value is -2.57. The number of nitrogens with zero attached hydrogens (tertiary/aromatic N) is 1. The third-order valence-corrected chi connectivity index (χ3v) is 5.60. The van der Waals surface area contributed by atoms with Gasteiger partial charge in [0.25, 0.3) is 0 Å². The maximum Gasteiger partial charge on any atom is 0.408 e. The fourth-order valence-corrected chi connectivity index (χ4v) is 4.06. The van der Waals surface area contributed by atoms with E-state index in [4.69, 9.17) is 4.74 Å². The second kappa shape index (κ2) is 11.7. The van der Waals surface area contributed by atoms with Crippen LogP contribution in [-0.4, -0.2) is 45.5 Å². The van der Waals surface area contributed by atoms with Gasteiger partial charge >= 0.3 is 6.09 Å². The SMILES string of the molecule is Cc1cccc(C(C(=O)NC(C)(C)C)N(C(=O)C(CC(C)C)NC(=O)OC(C)(C)C)C(C)(C)C)c1C. The van der Waals surface area contributed by atoms with Crippen LogP contribution in [0.3, 0.4) is 0 Å². The van der Waals surface area contributed by atoms with Gasteiger partial charge in [0.15, 0.2) is 0 Å². The van der Waals surface area contributed by atoms with Crippen molar-refractivity contribution in [3.05, 3.63) is 34.9 Å². The van der Waals surface area contributed by atoms with Crippen LogP contribution in [0, 0.1) is 19.8 Å². The quantitative estimate of drug-likeness (QED) is 0.490. The number of nitrogens with one attached hydrogen (secondary N) is 2. The molecule has 7 heteroatoms. The Kier molecular flexibility index (Phi) is 10.2. The van der Waals surface area contributed by atoms with Gasteiger partial charge in [-0.15, -0.1) is 0 Å².